The molecule has 0 aromatic heterocycles. The van der Waals surface area contributed by atoms with Crippen LogP contribution in [0.1, 0.15) is 19.8 Å². The summed E-state index contributed by atoms with van der Waals surface area (Å²) in [6.45, 7) is 4.89. The van der Waals surface area contributed by atoms with Gasteiger partial charge in [-0.15, -0.1) is 0 Å². The van der Waals surface area contributed by atoms with Gasteiger partial charge in [0.05, 0.1) is 0 Å². The second-order valence-electron chi connectivity index (χ2n) is 5.89. The number of benzene rings is 1. The van der Waals surface area contributed by atoms with Gasteiger partial charge in [0, 0.05) is 38.6 Å². The SMILES string of the molecule is CC(=O)N1C[C@H]2CC[C@@H](C1)N2CCOc1ccc(O)cc1. The molecular formula is C16H22N2O3. The summed E-state index contributed by atoms with van der Waals surface area (Å²) in [6.07, 6.45) is 2.35. The summed E-state index contributed by atoms with van der Waals surface area (Å²) in [5.74, 6) is 1.22. The first-order valence-electron chi connectivity index (χ1n) is 7.56. The van der Waals surface area contributed by atoms with E-state index >= 15 is 0 Å². The van der Waals surface area contributed by atoms with E-state index in [1.54, 1.807) is 31.2 Å². The van der Waals surface area contributed by atoms with Crippen LogP contribution in [0.25, 0.3) is 0 Å². The van der Waals surface area contributed by atoms with Crippen molar-refractivity contribution < 1.29 is 14.6 Å². The molecule has 2 fully saturated rings. The van der Waals surface area contributed by atoms with Crippen molar-refractivity contribution in [3.8, 4) is 11.5 Å². The molecule has 0 radical (unpaired) electrons. The van der Waals surface area contributed by atoms with Gasteiger partial charge in [-0.05, 0) is 37.1 Å². The Balaban J connectivity index is 1.50. The Morgan fingerprint density at radius 2 is 1.86 bits per heavy atom. The number of phenols is 1. The van der Waals surface area contributed by atoms with Crippen LogP contribution in [0.4, 0.5) is 0 Å². The molecule has 3 rings (SSSR count). The Labute approximate surface area is 125 Å². The zero-order valence-corrected chi connectivity index (χ0v) is 12.4. The van der Waals surface area contributed by atoms with Crippen LogP contribution in [0.3, 0.4) is 0 Å². The van der Waals surface area contributed by atoms with E-state index in [0.717, 1.165) is 25.4 Å². The van der Waals surface area contributed by atoms with E-state index in [1.165, 1.54) is 12.8 Å². The number of aromatic hydroxyl groups is 1. The van der Waals surface area contributed by atoms with Gasteiger partial charge in [-0.1, -0.05) is 0 Å². The molecule has 0 aliphatic carbocycles. The van der Waals surface area contributed by atoms with Crippen molar-refractivity contribution in [2.24, 2.45) is 0 Å². The zero-order chi connectivity index (χ0) is 14.8. The molecule has 1 N–H and O–H groups in total. The number of likely N-dealkylation sites (tertiary alicyclic amines) is 1. The highest BCUT2D eigenvalue weighted by molar-refractivity contribution is 5.73. The molecular weight excluding hydrogens is 268 g/mol. The number of amides is 1. The third kappa shape index (κ3) is 3.13. The fraction of sp³-hybridized carbons (Fsp3) is 0.562. The minimum absolute atomic E-state index is 0.187. The van der Waals surface area contributed by atoms with E-state index in [9.17, 15) is 9.90 Å². The van der Waals surface area contributed by atoms with Crippen LogP contribution in [0.15, 0.2) is 24.3 Å². The van der Waals surface area contributed by atoms with E-state index in [2.05, 4.69) is 4.90 Å². The number of rotatable bonds is 4. The molecule has 2 aliphatic rings. The minimum Gasteiger partial charge on any atom is -0.508 e. The second kappa shape index (κ2) is 5.93. The number of hydrogen-bond donors (Lipinski definition) is 1. The van der Waals surface area contributed by atoms with Crippen LogP contribution >= 0.6 is 0 Å². The van der Waals surface area contributed by atoms with Gasteiger partial charge in [0.2, 0.25) is 5.91 Å². The summed E-state index contributed by atoms with van der Waals surface area (Å²) < 4.78 is 5.73. The summed E-state index contributed by atoms with van der Waals surface area (Å²) in [7, 11) is 0. The standard InChI is InChI=1S/C16H22N2O3/c1-12(19)17-10-13-2-3-14(11-17)18(13)8-9-21-16-6-4-15(20)5-7-16/h4-7,13-14,20H,2-3,8-11H2,1H3/t13-,14+. The fourth-order valence-corrected chi connectivity index (χ4v) is 3.42. The summed E-state index contributed by atoms with van der Waals surface area (Å²) in [6, 6.07) is 7.78. The molecule has 2 atom stereocenters. The van der Waals surface area contributed by atoms with Gasteiger partial charge in [0.15, 0.2) is 0 Å². The Kier molecular flexibility index (Phi) is 4.01. The normalized spacial score (nSPS) is 25.1. The highest BCUT2D eigenvalue weighted by Gasteiger charge is 2.40. The highest BCUT2D eigenvalue weighted by Crippen LogP contribution is 2.29. The van der Waals surface area contributed by atoms with Gasteiger partial charge < -0.3 is 14.7 Å². The third-order valence-corrected chi connectivity index (χ3v) is 4.53. The van der Waals surface area contributed by atoms with Gasteiger partial charge in [0.1, 0.15) is 18.1 Å². The molecule has 1 aromatic rings. The topological polar surface area (TPSA) is 53.0 Å². The molecule has 21 heavy (non-hydrogen) atoms. The van der Waals surface area contributed by atoms with Crippen molar-refractivity contribution in [2.45, 2.75) is 31.8 Å². The van der Waals surface area contributed by atoms with Crippen LogP contribution in [0.5, 0.6) is 11.5 Å². The molecule has 2 aliphatic heterocycles. The average Bonchev–Trinajstić information content (AvgIpc) is 2.70. The molecule has 5 heteroatoms. The molecule has 2 bridgehead atoms. The number of ether oxygens (including phenoxy) is 1. The van der Waals surface area contributed by atoms with E-state index in [4.69, 9.17) is 4.74 Å². The summed E-state index contributed by atoms with van der Waals surface area (Å²) >= 11 is 0. The number of carbonyl (C=O) groups excluding carboxylic acids is 1. The first-order valence-corrected chi connectivity index (χ1v) is 7.56. The summed E-state index contributed by atoms with van der Waals surface area (Å²) in [5, 5.41) is 9.24. The maximum Gasteiger partial charge on any atom is 0.219 e. The number of fused-ring (bicyclic) bond motifs is 2. The van der Waals surface area contributed by atoms with Gasteiger partial charge in [-0.2, -0.15) is 0 Å². The van der Waals surface area contributed by atoms with Gasteiger partial charge >= 0.3 is 0 Å². The molecule has 0 unspecified atom stereocenters. The Morgan fingerprint density at radius 3 is 2.43 bits per heavy atom. The van der Waals surface area contributed by atoms with Gasteiger partial charge in [-0.3, -0.25) is 9.69 Å². The fourth-order valence-electron chi connectivity index (χ4n) is 3.42. The molecule has 1 amide bonds. The van der Waals surface area contributed by atoms with E-state index < -0.39 is 0 Å². The molecule has 2 saturated heterocycles. The summed E-state index contributed by atoms with van der Waals surface area (Å²) in [4.78, 5) is 16.0. The first kappa shape index (κ1) is 14.2. The lowest BCUT2D eigenvalue weighted by molar-refractivity contribution is -0.132. The molecule has 0 spiro atoms. The number of hydrogen-bond acceptors (Lipinski definition) is 4. The van der Waals surface area contributed by atoms with Crippen LogP contribution in [-0.2, 0) is 4.79 Å². The van der Waals surface area contributed by atoms with Crippen molar-refractivity contribution >= 4 is 5.91 Å². The molecule has 0 saturated carbocycles. The number of nitrogens with zero attached hydrogens (tertiary/aromatic N) is 2. The Hall–Kier alpha value is -1.75. The third-order valence-electron chi connectivity index (χ3n) is 4.53. The summed E-state index contributed by atoms with van der Waals surface area (Å²) in [5.41, 5.74) is 0. The van der Waals surface area contributed by atoms with Gasteiger partial charge in [0.25, 0.3) is 0 Å². The highest BCUT2D eigenvalue weighted by atomic mass is 16.5. The maximum atomic E-state index is 11.5. The smallest absolute Gasteiger partial charge is 0.219 e. The molecule has 5 nitrogen and oxygen atoms in total. The van der Waals surface area contributed by atoms with Crippen LogP contribution in [-0.4, -0.2) is 59.1 Å². The van der Waals surface area contributed by atoms with E-state index in [-0.39, 0.29) is 11.7 Å². The number of piperazine rings is 1. The van der Waals surface area contributed by atoms with Crippen molar-refractivity contribution in [1.29, 1.82) is 0 Å². The Bertz CT molecular complexity index is 489. The predicted molar refractivity (Wildman–Crippen MR) is 79.4 cm³/mol. The lowest BCUT2D eigenvalue weighted by Crippen LogP contribution is -2.55. The number of phenolic OH excluding ortho intramolecular Hbond substituents is 1. The van der Waals surface area contributed by atoms with E-state index in [1.807, 2.05) is 4.90 Å². The van der Waals surface area contributed by atoms with Crippen molar-refractivity contribution in [2.75, 3.05) is 26.2 Å². The quantitative estimate of drug-likeness (QED) is 0.912. The maximum absolute atomic E-state index is 11.5. The number of carbonyl (C=O) groups is 1. The minimum atomic E-state index is 0.187. The predicted octanol–water partition coefficient (Wildman–Crippen LogP) is 1.47. The molecule has 2 heterocycles. The van der Waals surface area contributed by atoms with Crippen LogP contribution < -0.4 is 4.74 Å². The monoisotopic (exact) mass is 290 g/mol. The van der Waals surface area contributed by atoms with Crippen LogP contribution in [0.2, 0.25) is 0 Å². The lowest BCUT2D eigenvalue weighted by Gasteiger charge is -2.40. The second-order valence-corrected chi connectivity index (χ2v) is 5.89. The van der Waals surface area contributed by atoms with Gasteiger partial charge in [-0.25, -0.2) is 0 Å². The zero-order valence-electron chi connectivity index (χ0n) is 12.4. The first-order chi connectivity index (χ1) is 10.1. The van der Waals surface area contributed by atoms with Crippen molar-refractivity contribution in [3.05, 3.63) is 24.3 Å². The largest absolute Gasteiger partial charge is 0.508 e. The lowest BCUT2D eigenvalue weighted by atomic mass is 10.2. The van der Waals surface area contributed by atoms with E-state index in [0.29, 0.717) is 18.7 Å². The Morgan fingerprint density at radius 1 is 1.24 bits per heavy atom. The molecule has 114 valence electrons. The molecule has 1 aromatic carbocycles. The van der Waals surface area contributed by atoms with Crippen LogP contribution in [0, 0.1) is 0 Å². The van der Waals surface area contributed by atoms with Crippen molar-refractivity contribution in [3.63, 3.8) is 0 Å². The van der Waals surface area contributed by atoms with Crippen molar-refractivity contribution in [1.82, 2.24) is 9.80 Å². The average molecular weight is 290 g/mol.